The van der Waals surface area contributed by atoms with Gasteiger partial charge in [-0.05, 0) is 54.2 Å². The highest BCUT2D eigenvalue weighted by atomic mass is 16.4. The second-order valence-electron chi connectivity index (χ2n) is 15.0. The molecule has 2 fully saturated rings. The molecule has 2 heterocycles. The largest absolute Gasteiger partial charge is 0.465 e. The van der Waals surface area contributed by atoms with E-state index in [0.717, 1.165) is 18.4 Å². The highest BCUT2D eigenvalue weighted by molar-refractivity contribution is 5.88. The summed E-state index contributed by atoms with van der Waals surface area (Å²) in [5.41, 5.74) is 4.18. The van der Waals surface area contributed by atoms with Crippen molar-refractivity contribution in [1.82, 2.24) is 35.9 Å². The molecule has 2 aliphatic rings. The molecule has 0 bridgehead atoms. The second-order valence-corrected chi connectivity index (χ2v) is 15.0. The van der Waals surface area contributed by atoms with Crippen LogP contribution in [0.15, 0.2) is 48.5 Å². The summed E-state index contributed by atoms with van der Waals surface area (Å²) in [5, 5.41) is 37.7. The number of aromatic nitrogens is 1. The predicted molar refractivity (Wildman–Crippen MR) is 191 cm³/mol. The Hall–Kier alpha value is -4.27. The normalized spacial score (nSPS) is 17.8. The first-order valence-corrected chi connectivity index (χ1v) is 17.9. The molecule has 2 aromatic rings. The number of hydrogen-bond acceptors (Lipinski definition) is 8. The standard InChI is InChI=1S/C37H55N7O7/c1-6-24(2)31(44-18-17-42(36(44)51)21-27-13-10-14-28(23-45)38-27)33(47)39-29(19-25-11-8-7-9-12-25)30(46)22-43(20-26-15-16-26)41-34(48)32(37(3,4)5)40-35(49)50/h7-14,24,26,29-32,40,45-46H,6,15-23H2,1-5H3,(H,39,47)(H,41,48)(H,49,50)/t24-,29-,30-,31-,32+/m0/s1. The van der Waals surface area contributed by atoms with Crippen molar-refractivity contribution in [1.29, 1.82) is 0 Å². The zero-order valence-electron chi connectivity index (χ0n) is 30.4. The van der Waals surface area contributed by atoms with Crippen molar-refractivity contribution in [3.8, 4) is 0 Å². The SMILES string of the molecule is CC[C@H](C)[C@@H](C(=O)N[C@@H](Cc1ccccc1)[C@@H](O)CN(CC1CC1)NC(=O)[C@@H](NC(=O)O)C(C)(C)C)N1CCN(Cc2cccc(CO)n2)C1=O. The van der Waals surface area contributed by atoms with Crippen molar-refractivity contribution in [2.24, 2.45) is 17.3 Å². The molecule has 0 radical (unpaired) electrons. The number of aliphatic hydroxyl groups is 2. The van der Waals surface area contributed by atoms with Crippen molar-refractivity contribution in [2.45, 2.75) is 97.7 Å². The van der Waals surface area contributed by atoms with Crippen LogP contribution in [0, 0.1) is 17.3 Å². The number of urea groups is 1. The molecule has 1 aliphatic carbocycles. The van der Waals surface area contributed by atoms with Crippen LogP contribution in [0.2, 0.25) is 0 Å². The van der Waals surface area contributed by atoms with E-state index in [9.17, 15) is 34.5 Å². The molecule has 1 aromatic carbocycles. The zero-order valence-corrected chi connectivity index (χ0v) is 30.4. The van der Waals surface area contributed by atoms with E-state index in [1.807, 2.05) is 44.2 Å². The number of aliphatic hydroxyl groups excluding tert-OH is 2. The van der Waals surface area contributed by atoms with Crippen molar-refractivity contribution in [2.75, 3.05) is 26.2 Å². The number of carbonyl (C=O) groups is 4. The Bertz CT molecular complexity index is 1480. The smallest absolute Gasteiger partial charge is 0.405 e. The Morgan fingerprint density at radius 3 is 2.29 bits per heavy atom. The van der Waals surface area contributed by atoms with Crippen LogP contribution in [0.3, 0.4) is 0 Å². The monoisotopic (exact) mass is 709 g/mol. The molecule has 4 rings (SSSR count). The molecule has 0 spiro atoms. The van der Waals surface area contributed by atoms with Gasteiger partial charge in [-0.2, -0.15) is 0 Å². The first-order valence-electron chi connectivity index (χ1n) is 17.9. The summed E-state index contributed by atoms with van der Waals surface area (Å²) in [6, 6.07) is 11.9. The third kappa shape index (κ3) is 11.4. The molecule has 1 aliphatic heterocycles. The summed E-state index contributed by atoms with van der Waals surface area (Å²) in [6.07, 6.45) is 0.430. The van der Waals surface area contributed by atoms with Crippen LogP contribution in [0.25, 0.3) is 0 Å². The number of rotatable bonds is 18. The van der Waals surface area contributed by atoms with E-state index in [1.54, 1.807) is 53.8 Å². The Labute approximate surface area is 300 Å². The fraction of sp³-hybridized carbons (Fsp3) is 0.595. The predicted octanol–water partition coefficient (Wildman–Crippen LogP) is 2.74. The molecule has 5 amide bonds. The Kier molecular flexibility index (Phi) is 13.8. The zero-order chi connectivity index (χ0) is 37.3. The Morgan fingerprint density at radius 1 is 1.00 bits per heavy atom. The van der Waals surface area contributed by atoms with Gasteiger partial charge in [0.25, 0.3) is 5.91 Å². The molecule has 51 heavy (non-hydrogen) atoms. The number of nitrogens with one attached hydrogen (secondary N) is 3. The van der Waals surface area contributed by atoms with Crippen molar-refractivity contribution >= 4 is 23.9 Å². The number of carboxylic acid groups (broad SMARTS) is 1. The van der Waals surface area contributed by atoms with Gasteiger partial charge in [0.15, 0.2) is 0 Å². The summed E-state index contributed by atoms with van der Waals surface area (Å²) in [6.45, 7) is 10.4. The van der Waals surface area contributed by atoms with Gasteiger partial charge in [0.2, 0.25) is 5.91 Å². The molecule has 14 heteroatoms. The first kappa shape index (κ1) is 39.5. The molecule has 1 saturated heterocycles. The number of hydrogen-bond donors (Lipinski definition) is 6. The van der Waals surface area contributed by atoms with Crippen LogP contribution >= 0.6 is 0 Å². The van der Waals surface area contributed by atoms with Crippen LogP contribution in [-0.4, -0.2) is 109 Å². The number of amides is 5. The van der Waals surface area contributed by atoms with Gasteiger partial charge in [0.1, 0.15) is 12.1 Å². The van der Waals surface area contributed by atoms with Gasteiger partial charge >= 0.3 is 12.1 Å². The number of carbonyl (C=O) groups excluding carboxylic acids is 3. The maximum absolute atomic E-state index is 14.3. The first-order chi connectivity index (χ1) is 24.2. The van der Waals surface area contributed by atoms with Crippen LogP contribution in [0.4, 0.5) is 9.59 Å². The number of benzene rings is 1. The maximum atomic E-state index is 14.3. The average molecular weight is 710 g/mol. The minimum Gasteiger partial charge on any atom is -0.465 e. The van der Waals surface area contributed by atoms with Crippen molar-refractivity contribution in [3.63, 3.8) is 0 Å². The molecule has 5 atom stereocenters. The van der Waals surface area contributed by atoms with E-state index in [-0.39, 0.29) is 37.6 Å². The van der Waals surface area contributed by atoms with Crippen LogP contribution < -0.4 is 16.1 Å². The minimum atomic E-state index is -1.31. The second kappa shape index (κ2) is 17.8. The van der Waals surface area contributed by atoms with E-state index in [0.29, 0.717) is 49.8 Å². The van der Waals surface area contributed by atoms with Gasteiger partial charge in [-0.15, -0.1) is 0 Å². The quantitative estimate of drug-likeness (QED) is 0.127. The summed E-state index contributed by atoms with van der Waals surface area (Å²) >= 11 is 0. The highest BCUT2D eigenvalue weighted by Gasteiger charge is 2.41. The summed E-state index contributed by atoms with van der Waals surface area (Å²) in [7, 11) is 0. The van der Waals surface area contributed by atoms with E-state index in [1.165, 1.54) is 0 Å². The summed E-state index contributed by atoms with van der Waals surface area (Å²) in [5.74, 6) is -0.786. The topological polar surface area (TPSA) is 188 Å². The van der Waals surface area contributed by atoms with Gasteiger partial charge in [-0.25, -0.2) is 14.6 Å². The summed E-state index contributed by atoms with van der Waals surface area (Å²) in [4.78, 5) is 60.6. The lowest BCUT2D eigenvalue weighted by atomic mass is 9.86. The third-order valence-corrected chi connectivity index (χ3v) is 9.63. The Morgan fingerprint density at radius 2 is 1.69 bits per heavy atom. The molecule has 1 aromatic heterocycles. The van der Waals surface area contributed by atoms with Gasteiger partial charge < -0.3 is 35.8 Å². The van der Waals surface area contributed by atoms with Crippen LogP contribution in [-0.2, 0) is 29.2 Å². The highest BCUT2D eigenvalue weighted by Crippen LogP contribution is 2.30. The number of hydrazine groups is 1. The Balaban J connectivity index is 1.53. The minimum absolute atomic E-state index is 0.0196. The summed E-state index contributed by atoms with van der Waals surface area (Å²) < 4.78 is 0. The van der Waals surface area contributed by atoms with Crippen LogP contribution in [0.5, 0.6) is 0 Å². The van der Waals surface area contributed by atoms with E-state index in [4.69, 9.17) is 0 Å². The molecular weight excluding hydrogens is 654 g/mol. The van der Waals surface area contributed by atoms with Gasteiger partial charge in [0.05, 0.1) is 36.7 Å². The average Bonchev–Trinajstić information content (AvgIpc) is 3.84. The number of nitrogens with zero attached hydrogens (tertiary/aromatic N) is 4. The molecule has 0 unspecified atom stereocenters. The lowest BCUT2D eigenvalue weighted by Crippen LogP contribution is -2.60. The van der Waals surface area contributed by atoms with Gasteiger partial charge in [-0.1, -0.05) is 77.4 Å². The van der Waals surface area contributed by atoms with E-state index < -0.39 is 41.6 Å². The van der Waals surface area contributed by atoms with E-state index in [2.05, 4.69) is 21.0 Å². The molecule has 6 N–H and O–H groups in total. The fourth-order valence-electron chi connectivity index (χ4n) is 6.41. The third-order valence-electron chi connectivity index (χ3n) is 9.63. The lowest BCUT2D eigenvalue weighted by molar-refractivity contribution is -0.132. The van der Waals surface area contributed by atoms with Crippen molar-refractivity contribution in [3.05, 3.63) is 65.5 Å². The molecule has 14 nitrogen and oxygen atoms in total. The maximum Gasteiger partial charge on any atom is 0.405 e. The van der Waals surface area contributed by atoms with Gasteiger partial charge in [0, 0.05) is 26.2 Å². The fourth-order valence-corrected chi connectivity index (χ4v) is 6.41. The molecular formula is C37H55N7O7. The number of pyridine rings is 1. The molecule has 1 saturated carbocycles. The van der Waals surface area contributed by atoms with Crippen molar-refractivity contribution < 1.29 is 34.5 Å². The lowest BCUT2D eigenvalue weighted by Gasteiger charge is -2.36. The van der Waals surface area contributed by atoms with Crippen LogP contribution in [0.1, 0.15) is 70.8 Å². The van der Waals surface area contributed by atoms with Gasteiger partial charge in [-0.3, -0.25) is 20.0 Å². The van der Waals surface area contributed by atoms with E-state index >= 15 is 0 Å². The molecule has 280 valence electrons.